The maximum absolute atomic E-state index is 13.5. The first-order chi connectivity index (χ1) is 14.4. The minimum absolute atomic E-state index is 0.0760. The lowest BCUT2D eigenvalue weighted by Gasteiger charge is -2.30. The van der Waals surface area contributed by atoms with Gasteiger partial charge in [0.2, 0.25) is 5.91 Å². The lowest BCUT2D eigenvalue weighted by atomic mass is 10.0. The van der Waals surface area contributed by atoms with Crippen LogP contribution >= 0.6 is 0 Å². The summed E-state index contributed by atoms with van der Waals surface area (Å²) in [6.07, 6.45) is 2.60. The van der Waals surface area contributed by atoms with E-state index in [1.807, 2.05) is 43.0 Å². The summed E-state index contributed by atoms with van der Waals surface area (Å²) >= 11 is 0. The minimum atomic E-state index is -0.197. The lowest BCUT2D eigenvalue weighted by Crippen LogP contribution is -2.40. The van der Waals surface area contributed by atoms with Crippen LogP contribution in [-0.2, 0) is 17.8 Å². The number of hydrogen-bond acceptors (Lipinski definition) is 4. The van der Waals surface area contributed by atoms with E-state index in [1.54, 1.807) is 11.6 Å². The fraction of sp³-hybridized carbons (Fsp3) is 0.435. The van der Waals surface area contributed by atoms with Crippen molar-refractivity contribution in [2.24, 2.45) is 5.92 Å². The number of rotatable bonds is 7. The number of carbonyl (C=O) groups is 1. The second kappa shape index (κ2) is 7.97. The molecule has 0 radical (unpaired) electrons. The van der Waals surface area contributed by atoms with Crippen molar-refractivity contribution in [1.29, 1.82) is 0 Å². The SMILES string of the molecule is COc1ccc(CN(C(=O)Cc2c(C)nc3cc(=O)[nH]n3c2C)C(C)C2CC2)cc1. The van der Waals surface area contributed by atoms with E-state index in [1.165, 1.54) is 18.9 Å². The number of benzene rings is 1. The van der Waals surface area contributed by atoms with Crippen molar-refractivity contribution in [3.05, 3.63) is 63.2 Å². The monoisotopic (exact) mass is 408 g/mol. The van der Waals surface area contributed by atoms with Gasteiger partial charge in [0.15, 0.2) is 5.65 Å². The largest absolute Gasteiger partial charge is 0.497 e. The number of aromatic nitrogens is 3. The summed E-state index contributed by atoms with van der Waals surface area (Å²) in [5.74, 6) is 1.45. The average Bonchev–Trinajstić information content (AvgIpc) is 3.51. The van der Waals surface area contributed by atoms with Crippen LogP contribution in [-0.4, -0.2) is 38.6 Å². The number of nitrogens with zero attached hydrogens (tertiary/aromatic N) is 3. The molecule has 7 heteroatoms. The predicted molar refractivity (Wildman–Crippen MR) is 115 cm³/mol. The zero-order chi connectivity index (χ0) is 21.4. The zero-order valence-corrected chi connectivity index (χ0v) is 17.9. The predicted octanol–water partition coefficient (Wildman–Crippen LogP) is 3.02. The van der Waals surface area contributed by atoms with Crippen LogP contribution < -0.4 is 10.3 Å². The van der Waals surface area contributed by atoms with Crippen LogP contribution in [0, 0.1) is 19.8 Å². The van der Waals surface area contributed by atoms with Gasteiger partial charge in [0, 0.05) is 35.6 Å². The first kappa shape index (κ1) is 20.2. The summed E-state index contributed by atoms with van der Waals surface area (Å²) < 4.78 is 6.91. The average molecular weight is 409 g/mol. The number of ether oxygens (including phenoxy) is 1. The molecule has 0 aliphatic heterocycles. The molecular formula is C23H28N4O3. The molecule has 2 heterocycles. The van der Waals surface area contributed by atoms with E-state index in [0.29, 0.717) is 18.1 Å². The Kier molecular flexibility index (Phi) is 5.37. The first-order valence-corrected chi connectivity index (χ1v) is 10.4. The molecule has 1 N–H and O–H groups in total. The molecule has 1 atom stereocenters. The van der Waals surface area contributed by atoms with Crippen molar-refractivity contribution in [3.8, 4) is 5.75 Å². The highest BCUT2D eigenvalue weighted by atomic mass is 16.5. The number of H-pyrrole nitrogens is 1. The summed E-state index contributed by atoms with van der Waals surface area (Å²) in [5, 5.41) is 2.76. The van der Waals surface area contributed by atoms with Crippen LogP contribution in [0.5, 0.6) is 5.75 Å². The van der Waals surface area contributed by atoms with Gasteiger partial charge < -0.3 is 9.64 Å². The number of carbonyl (C=O) groups excluding carboxylic acids is 1. The molecule has 1 saturated carbocycles. The molecule has 1 aliphatic carbocycles. The molecule has 3 aromatic rings. The summed E-state index contributed by atoms with van der Waals surface area (Å²) in [6, 6.07) is 9.52. The van der Waals surface area contributed by atoms with Crippen LogP contribution in [0.3, 0.4) is 0 Å². The molecule has 4 rings (SSSR count). The maximum Gasteiger partial charge on any atom is 0.266 e. The normalized spacial score (nSPS) is 14.7. The van der Waals surface area contributed by atoms with Crippen molar-refractivity contribution >= 4 is 11.6 Å². The van der Waals surface area contributed by atoms with Crippen LogP contribution in [0.2, 0.25) is 0 Å². The third-order valence-electron chi connectivity index (χ3n) is 6.16. The quantitative estimate of drug-likeness (QED) is 0.652. The van der Waals surface area contributed by atoms with Gasteiger partial charge in [-0.15, -0.1) is 0 Å². The highest BCUT2D eigenvalue weighted by Crippen LogP contribution is 2.36. The first-order valence-electron chi connectivity index (χ1n) is 10.4. The van der Waals surface area contributed by atoms with Gasteiger partial charge in [-0.05, 0) is 57.2 Å². The smallest absolute Gasteiger partial charge is 0.266 e. The van der Waals surface area contributed by atoms with Gasteiger partial charge in [-0.25, -0.2) is 9.50 Å². The van der Waals surface area contributed by atoms with Gasteiger partial charge in [-0.3, -0.25) is 14.7 Å². The fourth-order valence-electron chi connectivity index (χ4n) is 4.08. The Morgan fingerprint density at radius 1 is 1.30 bits per heavy atom. The van der Waals surface area contributed by atoms with E-state index in [-0.39, 0.29) is 23.9 Å². The van der Waals surface area contributed by atoms with Gasteiger partial charge in [-0.1, -0.05) is 12.1 Å². The molecule has 158 valence electrons. The number of amides is 1. The van der Waals surface area contributed by atoms with E-state index in [9.17, 15) is 9.59 Å². The minimum Gasteiger partial charge on any atom is -0.497 e. The molecular weight excluding hydrogens is 380 g/mol. The Morgan fingerprint density at radius 3 is 2.63 bits per heavy atom. The Labute approximate surface area is 175 Å². The molecule has 0 saturated heterocycles. The third-order valence-corrected chi connectivity index (χ3v) is 6.16. The molecule has 1 fully saturated rings. The molecule has 0 spiro atoms. The molecule has 1 amide bonds. The van der Waals surface area contributed by atoms with Crippen molar-refractivity contribution in [2.75, 3.05) is 7.11 Å². The summed E-state index contributed by atoms with van der Waals surface area (Å²) in [4.78, 5) is 31.7. The van der Waals surface area contributed by atoms with Crippen LogP contribution in [0.25, 0.3) is 5.65 Å². The second-order valence-electron chi connectivity index (χ2n) is 8.20. The highest BCUT2D eigenvalue weighted by Gasteiger charge is 2.34. The summed E-state index contributed by atoms with van der Waals surface area (Å²) in [5.41, 5.74) is 3.94. The van der Waals surface area contributed by atoms with E-state index in [2.05, 4.69) is 17.0 Å². The van der Waals surface area contributed by atoms with Crippen LogP contribution in [0.15, 0.2) is 35.1 Å². The van der Waals surface area contributed by atoms with Gasteiger partial charge >= 0.3 is 0 Å². The van der Waals surface area contributed by atoms with Crippen LogP contribution in [0.4, 0.5) is 0 Å². The fourth-order valence-corrected chi connectivity index (χ4v) is 4.08. The maximum atomic E-state index is 13.5. The van der Waals surface area contributed by atoms with Gasteiger partial charge in [0.25, 0.3) is 5.56 Å². The summed E-state index contributed by atoms with van der Waals surface area (Å²) in [7, 11) is 1.65. The lowest BCUT2D eigenvalue weighted by molar-refractivity contribution is -0.133. The van der Waals surface area contributed by atoms with Crippen molar-refractivity contribution in [3.63, 3.8) is 0 Å². The topological polar surface area (TPSA) is 79.7 Å². The number of aromatic amines is 1. The Bertz CT molecular complexity index is 1130. The van der Waals surface area contributed by atoms with E-state index < -0.39 is 0 Å². The number of aryl methyl sites for hydroxylation is 2. The van der Waals surface area contributed by atoms with E-state index in [4.69, 9.17) is 4.74 Å². The standard InChI is InChI=1S/C23H28N4O3/c1-14-20(16(3)27-21(24-14)12-22(28)25-27)11-23(29)26(15(2)18-7-8-18)13-17-5-9-19(30-4)10-6-17/h5-6,9-10,12,15,18H,7-8,11,13H2,1-4H3,(H,25,28). The number of fused-ring (bicyclic) bond motifs is 1. The number of hydrogen-bond donors (Lipinski definition) is 1. The van der Waals surface area contributed by atoms with E-state index >= 15 is 0 Å². The summed E-state index contributed by atoms with van der Waals surface area (Å²) in [6.45, 7) is 6.52. The Hall–Kier alpha value is -3.09. The molecule has 2 aromatic heterocycles. The molecule has 1 unspecified atom stereocenters. The molecule has 1 aliphatic rings. The van der Waals surface area contributed by atoms with Crippen molar-refractivity contribution < 1.29 is 9.53 Å². The molecule has 7 nitrogen and oxygen atoms in total. The zero-order valence-electron chi connectivity index (χ0n) is 17.9. The van der Waals surface area contributed by atoms with Crippen molar-refractivity contribution in [2.45, 2.75) is 52.6 Å². The van der Waals surface area contributed by atoms with Gasteiger partial charge in [0.1, 0.15) is 5.75 Å². The molecule has 0 bridgehead atoms. The van der Waals surface area contributed by atoms with Gasteiger partial charge in [-0.2, -0.15) is 0 Å². The highest BCUT2D eigenvalue weighted by molar-refractivity contribution is 5.80. The molecule has 1 aromatic carbocycles. The Balaban J connectivity index is 1.61. The van der Waals surface area contributed by atoms with Crippen molar-refractivity contribution in [1.82, 2.24) is 19.5 Å². The van der Waals surface area contributed by atoms with E-state index in [0.717, 1.165) is 28.3 Å². The Morgan fingerprint density at radius 2 is 2.00 bits per heavy atom. The third kappa shape index (κ3) is 3.97. The number of methoxy groups -OCH3 is 1. The molecule has 30 heavy (non-hydrogen) atoms. The van der Waals surface area contributed by atoms with Crippen LogP contribution in [0.1, 0.15) is 42.3 Å². The number of nitrogens with one attached hydrogen (secondary N) is 1. The second-order valence-corrected chi connectivity index (χ2v) is 8.20. The van der Waals surface area contributed by atoms with Gasteiger partial charge in [0.05, 0.1) is 13.5 Å².